The molecule has 1 aromatic heterocycles. The van der Waals surface area contributed by atoms with Gasteiger partial charge in [-0.1, -0.05) is 30.3 Å². The molecular formula is C15H17FN2O. The van der Waals surface area contributed by atoms with Gasteiger partial charge in [0.2, 0.25) is 0 Å². The third-order valence-electron chi connectivity index (χ3n) is 3.62. The molecule has 4 heteroatoms. The molecule has 1 aliphatic heterocycles. The van der Waals surface area contributed by atoms with E-state index in [1.165, 1.54) is 0 Å². The predicted molar refractivity (Wildman–Crippen MR) is 71.8 cm³/mol. The molecule has 0 amide bonds. The van der Waals surface area contributed by atoms with Crippen LogP contribution in [0, 0.1) is 0 Å². The van der Waals surface area contributed by atoms with E-state index in [0.29, 0.717) is 19.8 Å². The van der Waals surface area contributed by atoms with Crippen molar-refractivity contribution < 1.29 is 9.13 Å². The van der Waals surface area contributed by atoms with E-state index >= 15 is 0 Å². The van der Waals surface area contributed by atoms with Crippen LogP contribution in [-0.2, 0) is 16.7 Å². The SMILES string of the molecule is CC1(c2c(-c3ccccc3)ncn2CCF)COC1. The van der Waals surface area contributed by atoms with Gasteiger partial charge in [0.05, 0.1) is 42.9 Å². The molecule has 2 heterocycles. The van der Waals surface area contributed by atoms with Crippen molar-refractivity contribution in [2.75, 3.05) is 19.9 Å². The van der Waals surface area contributed by atoms with Crippen LogP contribution in [0.1, 0.15) is 12.6 Å². The third kappa shape index (κ3) is 2.06. The first-order chi connectivity index (χ1) is 9.24. The van der Waals surface area contributed by atoms with Gasteiger partial charge in [-0.15, -0.1) is 0 Å². The molecule has 0 spiro atoms. The number of rotatable bonds is 4. The van der Waals surface area contributed by atoms with Gasteiger partial charge in [0.1, 0.15) is 6.67 Å². The molecule has 19 heavy (non-hydrogen) atoms. The Balaban J connectivity index is 2.10. The summed E-state index contributed by atoms with van der Waals surface area (Å²) in [5, 5.41) is 0. The molecule has 1 saturated heterocycles. The normalized spacial score (nSPS) is 17.2. The number of aryl methyl sites for hydroxylation is 1. The van der Waals surface area contributed by atoms with Crippen molar-refractivity contribution >= 4 is 0 Å². The number of nitrogens with zero attached hydrogens (tertiary/aromatic N) is 2. The standard InChI is InChI=1S/C15H17FN2O/c1-15(9-19-10-15)14-13(12-5-3-2-4-6-12)17-11-18(14)8-7-16/h2-6,11H,7-10H2,1H3. The molecule has 3 nitrogen and oxygen atoms in total. The number of halogens is 1. The first-order valence-corrected chi connectivity index (χ1v) is 6.49. The second kappa shape index (κ2) is 4.78. The summed E-state index contributed by atoms with van der Waals surface area (Å²) >= 11 is 0. The van der Waals surface area contributed by atoms with Gasteiger partial charge in [-0.25, -0.2) is 9.37 Å². The highest BCUT2D eigenvalue weighted by atomic mass is 19.1. The summed E-state index contributed by atoms with van der Waals surface area (Å²) < 4.78 is 20.0. The van der Waals surface area contributed by atoms with E-state index in [-0.39, 0.29) is 12.1 Å². The van der Waals surface area contributed by atoms with Crippen LogP contribution in [-0.4, -0.2) is 29.4 Å². The van der Waals surface area contributed by atoms with Crippen LogP contribution in [0.4, 0.5) is 4.39 Å². The Kier molecular flexibility index (Phi) is 3.11. The molecule has 0 radical (unpaired) electrons. The largest absolute Gasteiger partial charge is 0.379 e. The molecule has 3 rings (SSSR count). The van der Waals surface area contributed by atoms with Crippen LogP contribution in [0.15, 0.2) is 36.7 Å². The smallest absolute Gasteiger partial charge is 0.107 e. The number of alkyl halides is 1. The highest BCUT2D eigenvalue weighted by Crippen LogP contribution is 2.37. The topological polar surface area (TPSA) is 27.1 Å². The minimum absolute atomic E-state index is 0.0587. The molecule has 0 bridgehead atoms. The zero-order valence-corrected chi connectivity index (χ0v) is 11.0. The van der Waals surface area contributed by atoms with E-state index in [9.17, 15) is 4.39 Å². The van der Waals surface area contributed by atoms with Gasteiger partial charge >= 0.3 is 0 Å². The van der Waals surface area contributed by atoms with Gasteiger partial charge in [-0.2, -0.15) is 0 Å². The molecule has 0 aliphatic carbocycles. The van der Waals surface area contributed by atoms with Crippen LogP contribution in [0.25, 0.3) is 11.3 Å². The van der Waals surface area contributed by atoms with Crippen molar-refractivity contribution in [3.05, 3.63) is 42.4 Å². The number of hydrogen-bond acceptors (Lipinski definition) is 2. The van der Waals surface area contributed by atoms with E-state index in [1.54, 1.807) is 6.33 Å². The van der Waals surface area contributed by atoms with Crippen molar-refractivity contribution in [1.82, 2.24) is 9.55 Å². The first kappa shape index (κ1) is 12.4. The summed E-state index contributed by atoms with van der Waals surface area (Å²) in [5.41, 5.74) is 3.04. The monoisotopic (exact) mass is 260 g/mol. The Morgan fingerprint density at radius 2 is 2.05 bits per heavy atom. The van der Waals surface area contributed by atoms with Crippen LogP contribution < -0.4 is 0 Å². The summed E-state index contributed by atoms with van der Waals surface area (Å²) in [6, 6.07) is 10.0. The maximum Gasteiger partial charge on any atom is 0.107 e. The molecule has 0 atom stereocenters. The lowest BCUT2D eigenvalue weighted by Crippen LogP contribution is -2.45. The fraction of sp³-hybridized carbons (Fsp3) is 0.400. The Morgan fingerprint density at radius 3 is 2.63 bits per heavy atom. The average molecular weight is 260 g/mol. The lowest BCUT2D eigenvalue weighted by Gasteiger charge is -2.39. The summed E-state index contributed by atoms with van der Waals surface area (Å²) in [4.78, 5) is 4.49. The van der Waals surface area contributed by atoms with Crippen molar-refractivity contribution in [2.45, 2.75) is 18.9 Å². The van der Waals surface area contributed by atoms with E-state index in [0.717, 1.165) is 17.0 Å². The van der Waals surface area contributed by atoms with E-state index in [2.05, 4.69) is 11.9 Å². The van der Waals surface area contributed by atoms with Crippen LogP contribution >= 0.6 is 0 Å². The Labute approximate surface area is 112 Å². The second-order valence-electron chi connectivity index (χ2n) is 5.24. The lowest BCUT2D eigenvalue weighted by atomic mass is 9.82. The van der Waals surface area contributed by atoms with E-state index < -0.39 is 0 Å². The molecular weight excluding hydrogens is 243 g/mol. The molecule has 1 fully saturated rings. The fourth-order valence-electron chi connectivity index (χ4n) is 2.63. The van der Waals surface area contributed by atoms with Crippen molar-refractivity contribution in [3.8, 4) is 11.3 Å². The fourth-order valence-corrected chi connectivity index (χ4v) is 2.63. The third-order valence-corrected chi connectivity index (χ3v) is 3.62. The summed E-state index contributed by atoms with van der Waals surface area (Å²) in [6.07, 6.45) is 1.74. The van der Waals surface area contributed by atoms with Crippen molar-refractivity contribution in [3.63, 3.8) is 0 Å². The molecule has 1 aromatic carbocycles. The predicted octanol–water partition coefficient (Wildman–Crippen LogP) is 2.81. The first-order valence-electron chi connectivity index (χ1n) is 6.49. The van der Waals surface area contributed by atoms with Gasteiger partial charge in [0, 0.05) is 5.56 Å². The lowest BCUT2D eigenvalue weighted by molar-refractivity contribution is -0.0534. The van der Waals surface area contributed by atoms with Gasteiger partial charge in [-0.05, 0) is 6.92 Å². The molecule has 1 aliphatic rings. The molecule has 0 unspecified atom stereocenters. The number of aromatic nitrogens is 2. The zero-order valence-electron chi connectivity index (χ0n) is 11.0. The molecule has 100 valence electrons. The average Bonchev–Trinajstić information content (AvgIpc) is 2.82. The number of benzene rings is 1. The number of ether oxygens (including phenoxy) is 1. The van der Waals surface area contributed by atoms with Crippen molar-refractivity contribution in [1.29, 1.82) is 0 Å². The number of hydrogen-bond donors (Lipinski definition) is 0. The highest BCUT2D eigenvalue weighted by Gasteiger charge is 2.40. The number of imidazole rings is 1. The van der Waals surface area contributed by atoms with Gasteiger partial charge in [0.25, 0.3) is 0 Å². The van der Waals surface area contributed by atoms with Gasteiger partial charge in [-0.3, -0.25) is 0 Å². The summed E-state index contributed by atoms with van der Waals surface area (Å²) in [5.74, 6) is 0. The molecule has 0 saturated carbocycles. The quantitative estimate of drug-likeness (QED) is 0.845. The minimum Gasteiger partial charge on any atom is -0.379 e. The van der Waals surface area contributed by atoms with Crippen molar-refractivity contribution in [2.24, 2.45) is 0 Å². The minimum atomic E-state index is -0.380. The van der Waals surface area contributed by atoms with Crippen LogP contribution in [0.3, 0.4) is 0 Å². The van der Waals surface area contributed by atoms with E-state index in [4.69, 9.17) is 4.74 Å². The van der Waals surface area contributed by atoms with E-state index in [1.807, 2.05) is 34.9 Å². The summed E-state index contributed by atoms with van der Waals surface area (Å²) in [7, 11) is 0. The zero-order chi connectivity index (χ0) is 13.3. The maximum absolute atomic E-state index is 12.7. The summed E-state index contributed by atoms with van der Waals surface area (Å²) in [6.45, 7) is 3.46. The van der Waals surface area contributed by atoms with Crippen LogP contribution in [0.2, 0.25) is 0 Å². The second-order valence-corrected chi connectivity index (χ2v) is 5.24. The Morgan fingerprint density at radius 1 is 1.32 bits per heavy atom. The Bertz CT molecular complexity index is 561. The maximum atomic E-state index is 12.7. The van der Waals surface area contributed by atoms with Gasteiger partial charge < -0.3 is 9.30 Å². The Hall–Kier alpha value is -1.68. The molecule has 2 aromatic rings. The molecule has 0 N–H and O–H groups in total. The van der Waals surface area contributed by atoms with Gasteiger partial charge in [0.15, 0.2) is 0 Å². The highest BCUT2D eigenvalue weighted by molar-refractivity contribution is 5.63. The van der Waals surface area contributed by atoms with Crippen LogP contribution in [0.5, 0.6) is 0 Å².